The highest BCUT2D eigenvalue weighted by Gasteiger charge is 2.51. The molecule has 2 fully saturated rings. The molecule has 1 aliphatic carbocycles. The van der Waals surface area contributed by atoms with Gasteiger partial charge in [0, 0.05) is 24.3 Å². The number of carbonyl (C=O) groups is 3. The summed E-state index contributed by atoms with van der Waals surface area (Å²) in [6, 6.07) is 8.84. The van der Waals surface area contributed by atoms with Gasteiger partial charge in [-0.2, -0.15) is 0 Å². The number of rotatable bonds is 5. The van der Waals surface area contributed by atoms with E-state index in [4.69, 9.17) is 0 Å². The average molecular weight is 428 g/mol. The Morgan fingerprint density at radius 2 is 1.71 bits per heavy atom. The quantitative estimate of drug-likeness (QED) is 0.677. The highest BCUT2D eigenvalue weighted by atomic mass is 19.1. The summed E-state index contributed by atoms with van der Waals surface area (Å²) in [5, 5.41) is 7.66. The molecule has 7 nitrogen and oxygen atoms in total. The molecule has 1 saturated heterocycles. The van der Waals surface area contributed by atoms with E-state index in [0.717, 1.165) is 12.8 Å². The first-order chi connectivity index (χ1) is 14.9. The van der Waals surface area contributed by atoms with Gasteiger partial charge in [-0.15, -0.1) is 0 Å². The molecule has 0 atom stereocenters. The number of halogens is 2. The number of urea groups is 1. The van der Waals surface area contributed by atoms with Crippen LogP contribution in [0.3, 0.4) is 0 Å². The molecule has 4 amide bonds. The number of carbonyl (C=O) groups excluding carboxylic acids is 3. The van der Waals surface area contributed by atoms with Crippen molar-refractivity contribution in [3.05, 3.63) is 54.1 Å². The third-order valence-corrected chi connectivity index (χ3v) is 5.48. The van der Waals surface area contributed by atoms with Crippen molar-refractivity contribution in [3.8, 4) is 0 Å². The van der Waals surface area contributed by atoms with Crippen LogP contribution in [0.15, 0.2) is 42.5 Å². The molecule has 3 N–H and O–H groups in total. The van der Waals surface area contributed by atoms with Crippen molar-refractivity contribution in [1.82, 2.24) is 5.32 Å². The van der Waals surface area contributed by atoms with Gasteiger partial charge in [-0.05, 0) is 68.1 Å². The second-order valence-electron chi connectivity index (χ2n) is 7.79. The molecule has 1 saturated carbocycles. The zero-order valence-electron chi connectivity index (χ0n) is 16.7. The van der Waals surface area contributed by atoms with E-state index in [2.05, 4.69) is 16.0 Å². The zero-order chi connectivity index (χ0) is 22.0. The van der Waals surface area contributed by atoms with Gasteiger partial charge in [-0.1, -0.05) is 0 Å². The number of anilines is 3. The SMILES string of the molecule is O=C(Nc1ccc(F)cc1)NC1(C(=O)Nc2ccc(N3CCCCC3=O)cc2F)CC1. The van der Waals surface area contributed by atoms with E-state index in [-0.39, 0.29) is 11.6 Å². The minimum Gasteiger partial charge on any atom is -0.323 e. The molecule has 9 heteroatoms. The topological polar surface area (TPSA) is 90.5 Å². The van der Waals surface area contributed by atoms with Crippen molar-refractivity contribution in [1.29, 1.82) is 0 Å². The van der Waals surface area contributed by atoms with Gasteiger partial charge in [0.1, 0.15) is 17.2 Å². The first-order valence-electron chi connectivity index (χ1n) is 10.1. The van der Waals surface area contributed by atoms with Gasteiger partial charge in [0.2, 0.25) is 11.8 Å². The number of nitrogens with one attached hydrogen (secondary N) is 3. The molecule has 0 aromatic heterocycles. The predicted octanol–water partition coefficient (Wildman–Crippen LogP) is 3.77. The highest BCUT2D eigenvalue weighted by molar-refractivity contribution is 6.04. The van der Waals surface area contributed by atoms with E-state index in [1.54, 1.807) is 11.0 Å². The van der Waals surface area contributed by atoms with Crippen molar-refractivity contribution >= 4 is 34.9 Å². The Morgan fingerprint density at radius 3 is 2.35 bits per heavy atom. The second-order valence-corrected chi connectivity index (χ2v) is 7.79. The summed E-state index contributed by atoms with van der Waals surface area (Å²) in [4.78, 5) is 38.5. The molecule has 0 spiro atoms. The fourth-order valence-electron chi connectivity index (χ4n) is 3.54. The van der Waals surface area contributed by atoms with Crippen LogP contribution in [-0.4, -0.2) is 29.9 Å². The molecular weight excluding hydrogens is 406 g/mol. The maximum absolute atomic E-state index is 14.6. The van der Waals surface area contributed by atoms with Gasteiger partial charge in [0.25, 0.3) is 0 Å². The molecule has 2 aromatic carbocycles. The van der Waals surface area contributed by atoms with Gasteiger partial charge in [0.15, 0.2) is 0 Å². The van der Waals surface area contributed by atoms with Gasteiger partial charge < -0.3 is 20.9 Å². The number of nitrogens with zero attached hydrogens (tertiary/aromatic N) is 1. The second kappa shape index (κ2) is 8.33. The number of hydrogen-bond donors (Lipinski definition) is 3. The number of hydrogen-bond acceptors (Lipinski definition) is 3. The van der Waals surface area contributed by atoms with E-state index in [0.29, 0.717) is 37.2 Å². The van der Waals surface area contributed by atoms with Crippen molar-refractivity contribution in [2.45, 2.75) is 37.6 Å². The molecular formula is C22H22F2N4O3. The van der Waals surface area contributed by atoms with Gasteiger partial charge >= 0.3 is 6.03 Å². The molecule has 0 radical (unpaired) electrons. The van der Waals surface area contributed by atoms with Crippen LogP contribution in [0, 0.1) is 11.6 Å². The Kier molecular flexibility index (Phi) is 5.58. The summed E-state index contributed by atoms with van der Waals surface area (Å²) < 4.78 is 27.6. The van der Waals surface area contributed by atoms with Gasteiger partial charge in [0.05, 0.1) is 5.69 Å². The van der Waals surface area contributed by atoms with E-state index in [1.807, 2.05) is 0 Å². The third kappa shape index (κ3) is 4.65. The molecule has 2 aliphatic rings. The molecule has 0 unspecified atom stereocenters. The van der Waals surface area contributed by atoms with Crippen LogP contribution in [0.4, 0.5) is 30.6 Å². The van der Waals surface area contributed by atoms with Gasteiger partial charge in [-0.25, -0.2) is 13.6 Å². The molecule has 2 aromatic rings. The largest absolute Gasteiger partial charge is 0.323 e. The van der Waals surface area contributed by atoms with Crippen LogP contribution < -0.4 is 20.9 Å². The summed E-state index contributed by atoms with van der Waals surface area (Å²) in [6.45, 7) is 0.542. The number of amides is 4. The Hall–Kier alpha value is -3.49. The van der Waals surface area contributed by atoms with E-state index >= 15 is 0 Å². The Balaban J connectivity index is 1.38. The zero-order valence-corrected chi connectivity index (χ0v) is 16.7. The summed E-state index contributed by atoms with van der Waals surface area (Å²) in [5.41, 5.74) is -0.315. The Bertz CT molecular complexity index is 1020. The van der Waals surface area contributed by atoms with E-state index in [9.17, 15) is 23.2 Å². The predicted molar refractivity (Wildman–Crippen MR) is 112 cm³/mol. The summed E-state index contributed by atoms with van der Waals surface area (Å²) in [6.07, 6.45) is 2.96. The summed E-state index contributed by atoms with van der Waals surface area (Å²) >= 11 is 0. The van der Waals surface area contributed by atoms with Crippen LogP contribution in [0.5, 0.6) is 0 Å². The minimum atomic E-state index is -1.13. The Morgan fingerprint density at radius 1 is 0.968 bits per heavy atom. The lowest BCUT2D eigenvalue weighted by atomic mass is 10.1. The molecule has 1 heterocycles. The summed E-state index contributed by atoms with van der Waals surface area (Å²) in [7, 11) is 0. The lowest BCUT2D eigenvalue weighted by Gasteiger charge is -2.27. The normalized spacial score (nSPS) is 17.1. The maximum atomic E-state index is 14.6. The van der Waals surface area contributed by atoms with E-state index in [1.165, 1.54) is 36.4 Å². The lowest BCUT2D eigenvalue weighted by molar-refractivity contribution is -0.120. The van der Waals surface area contributed by atoms with Crippen molar-refractivity contribution in [2.75, 3.05) is 22.1 Å². The van der Waals surface area contributed by atoms with Crippen LogP contribution in [-0.2, 0) is 9.59 Å². The highest BCUT2D eigenvalue weighted by Crippen LogP contribution is 2.37. The van der Waals surface area contributed by atoms with Crippen LogP contribution in [0.2, 0.25) is 0 Å². The number of benzene rings is 2. The average Bonchev–Trinajstić information content (AvgIpc) is 3.52. The minimum absolute atomic E-state index is 0.0229. The number of piperidine rings is 1. The fraction of sp³-hybridized carbons (Fsp3) is 0.318. The molecule has 162 valence electrons. The Labute approximate surface area is 177 Å². The lowest BCUT2D eigenvalue weighted by Crippen LogP contribution is -2.47. The maximum Gasteiger partial charge on any atom is 0.320 e. The molecule has 1 aliphatic heterocycles. The van der Waals surface area contributed by atoms with Crippen LogP contribution >= 0.6 is 0 Å². The monoisotopic (exact) mass is 428 g/mol. The van der Waals surface area contributed by atoms with Crippen LogP contribution in [0.25, 0.3) is 0 Å². The van der Waals surface area contributed by atoms with Crippen molar-refractivity contribution < 1.29 is 23.2 Å². The summed E-state index contributed by atoms with van der Waals surface area (Å²) in [5.74, 6) is -1.66. The molecule has 4 rings (SSSR count). The first-order valence-corrected chi connectivity index (χ1v) is 10.1. The van der Waals surface area contributed by atoms with Crippen molar-refractivity contribution in [2.24, 2.45) is 0 Å². The fourth-order valence-corrected chi connectivity index (χ4v) is 3.54. The molecule has 0 bridgehead atoms. The van der Waals surface area contributed by atoms with Gasteiger partial charge in [-0.3, -0.25) is 9.59 Å². The standard InChI is InChI=1S/C22H22F2N4O3/c23-14-4-6-15(7-5-14)25-21(31)27-22(10-11-22)20(30)26-18-9-8-16(13-17(18)24)28-12-2-1-3-19(28)29/h4-9,13H,1-3,10-12H2,(H,26,30)(H2,25,27,31). The third-order valence-electron chi connectivity index (χ3n) is 5.48. The van der Waals surface area contributed by atoms with E-state index < -0.39 is 29.1 Å². The van der Waals surface area contributed by atoms with Crippen molar-refractivity contribution in [3.63, 3.8) is 0 Å². The first kappa shape index (κ1) is 20.8. The van der Waals surface area contributed by atoms with Crippen LogP contribution in [0.1, 0.15) is 32.1 Å². The molecule has 31 heavy (non-hydrogen) atoms. The smallest absolute Gasteiger partial charge is 0.320 e.